The molecule has 2 aromatic rings. The van der Waals surface area contributed by atoms with Crippen molar-refractivity contribution in [1.29, 1.82) is 0 Å². The van der Waals surface area contributed by atoms with Gasteiger partial charge in [0.15, 0.2) is 5.82 Å². The van der Waals surface area contributed by atoms with Gasteiger partial charge >= 0.3 is 0 Å². The highest BCUT2D eigenvalue weighted by Gasteiger charge is 2.12. The van der Waals surface area contributed by atoms with E-state index in [0.717, 1.165) is 6.42 Å². The van der Waals surface area contributed by atoms with Crippen molar-refractivity contribution >= 4 is 11.6 Å². The first kappa shape index (κ1) is 15.6. The van der Waals surface area contributed by atoms with E-state index >= 15 is 0 Å². The molecule has 22 heavy (non-hydrogen) atoms. The molecule has 1 heterocycles. The van der Waals surface area contributed by atoms with Gasteiger partial charge in [-0.1, -0.05) is 19.1 Å². The fourth-order valence-corrected chi connectivity index (χ4v) is 1.76. The van der Waals surface area contributed by atoms with Crippen LogP contribution in [0.3, 0.4) is 0 Å². The lowest BCUT2D eigenvalue weighted by molar-refractivity contribution is -0.384. The third-order valence-electron chi connectivity index (χ3n) is 3.22. The van der Waals surface area contributed by atoms with E-state index in [9.17, 15) is 14.9 Å². The van der Waals surface area contributed by atoms with Gasteiger partial charge in [0, 0.05) is 36.1 Å². The van der Waals surface area contributed by atoms with Gasteiger partial charge in [0.05, 0.1) is 10.5 Å². The van der Waals surface area contributed by atoms with Gasteiger partial charge in [-0.2, -0.15) is 0 Å². The molecule has 0 fully saturated rings. The summed E-state index contributed by atoms with van der Waals surface area (Å²) in [5, 5.41) is 13.6. The minimum atomic E-state index is -0.475. The Bertz CT molecular complexity index is 685. The minimum Gasteiger partial charge on any atom is -0.350 e. The molecule has 0 saturated carbocycles. The van der Waals surface area contributed by atoms with Crippen molar-refractivity contribution < 1.29 is 9.72 Å². The van der Waals surface area contributed by atoms with Gasteiger partial charge in [-0.25, -0.2) is 9.97 Å². The second-order valence-electron chi connectivity index (χ2n) is 4.89. The zero-order chi connectivity index (χ0) is 16.1. The second kappa shape index (κ2) is 6.75. The van der Waals surface area contributed by atoms with Crippen molar-refractivity contribution in [3.05, 3.63) is 52.3 Å². The van der Waals surface area contributed by atoms with Gasteiger partial charge < -0.3 is 5.32 Å². The minimum absolute atomic E-state index is 0.0281. The Morgan fingerprint density at radius 1 is 1.36 bits per heavy atom. The number of nitro groups is 1. The number of benzene rings is 1. The van der Waals surface area contributed by atoms with Crippen molar-refractivity contribution in [3.8, 4) is 11.4 Å². The average molecular weight is 300 g/mol. The highest BCUT2D eigenvalue weighted by molar-refractivity contribution is 5.93. The van der Waals surface area contributed by atoms with E-state index in [0.29, 0.717) is 17.0 Å². The number of nitrogens with zero attached hydrogens (tertiary/aromatic N) is 3. The molecule has 0 aliphatic heterocycles. The third kappa shape index (κ3) is 3.63. The van der Waals surface area contributed by atoms with Gasteiger partial charge in [-0.05, 0) is 13.3 Å². The maximum Gasteiger partial charge on any atom is 0.270 e. The summed E-state index contributed by atoms with van der Waals surface area (Å²) in [5.41, 5.74) is 0.859. The zero-order valence-corrected chi connectivity index (χ0v) is 12.3. The summed E-state index contributed by atoms with van der Waals surface area (Å²) in [6.07, 6.45) is 3.66. The molecule has 0 bridgehead atoms. The van der Waals surface area contributed by atoms with Gasteiger partial charge in [0.25, 0.3) is 11.6 Å². The molecule has 1 aromatic heterocycles. The van der Waals surface area contributed by atoms with E-state index in [1.54, 1.807) is 12.1 Å². The van der Waals surface area contributed by atoms with E-state index in [4.69, 9.17) is 0 Å². The highest BCUT2D eigenvalue weighted by Crippen LogP contribution is 2.20. The number of carbonyl (C=O) groups is 1. The van der Waals surface area contributed by atoms with Crippen molar-refractivity contribution in [2.45, 2.75) is 26.3 Å². The average Bonchev–Trinajstić information content (AvgIpc) is 2.55. The van der Waals surface area contributed by atoms with Crippen LogP contribution in [0.15, 0.2) is 36.7 Å². The predicted octanol–water partition coefficient (Wildman–Crippen LogP) is 2.58. The van der Waals surface area contributed by atoms with Gasteiger partial charge in [0.1, 0.15) is 0 Å². The molecule has 7 nitrogen and oxygen atoms in total. The second-order valence-corrected chi connectivity index (χ2v) is 4.89. The van der Waals surface area contributed by atoms with Crippen LogP contribution in [0.1, 0.15) is 30.6 Å². The van der Waals surface area contributed by atoms with Crippen LogP contribution in [0.5, 0.6) is 0 Å². The molecule has 0 radical (unpaired) electrons. The van der Waals surface area contributed by atoms with Gasteiger partial charge in [0.2, 0.25) is 0 Å². The largest absolute Gasteiger partial charge is 0.350 e. The van der Waals surface area contributed by atoms with E-state index in [1.165, 1.54) is 24.5 Å². The number of non-ortho nitro benzene ring substituents is 1. The number of aromatic nitrogens is 2. The number of amides is 1. The lowest BCUT2D eigenvalue weighted by Crippen LogP contribution is -2.32. The Kier molecular flexibility index (Phi) is 4.77. The lowest BCUT2D eigenvalue weighted by atomic mass is 10.2. The smallest absolute Gasteiger partial charge is 0.270 e. The maximum atomic E-state index is 11.9. The Labute approximate surface area is 127 Å². The molecule has 0 aliphatic carbocycles. The quantitative estimate of drug-likeness (QED) is 0.676. The monoisotopic (exact) mass is 300 g/mol. The summed E-state index contributed by atoms with van der Waals surface area (Å²) < 4.78 is 0. The number of hydrogen-bond donors (Lipinski definition) is 1. The summed E-state index contributed by atoms with van der Waals surface area (Å²) >= 11 is 0. The van der Waals surface area contributed by atoms with E-state index < -0.39 is 4.92 Å². The number of nitrogens with one attached hydrogen (secondary N) is 1. The molecule has 7 heteroatoms. The third-order valence-corrected chi connectivity index (χ3v) is 3.22. The standard InChI is InChI=1S/C15H16N4O3/c1-3-10(2)18-15(20)12-8-16-14(17-9-12)11-5-4-6-13(7-11)19(21)22/h4-10H,3H2,1-2H3,(H,18,20)/t10-/m0/s1. The molecule has 1 aromatic carbocycles. The molecular weight excluding hydrogens is 284 g/mol. The number of hydrogen-bond acceptors (Lipinski definition) is 5. The highest BCUT2D eigenvalue weighted by atomic mass is 16.6. The fraction of sp³-hybridized carbons (Fsp3) is 0.267. The molecule has 0 saturated heterocycles. The van der Waals surface area contributed by atoms with E-state index in [-0.39, 0.29) is 17.6 Å². The Balaban J connectivity index is 2.20. The topological polar surface area (TPSA) is 98.0 Å². The maximum absolute atomic E-state index is 11.9. The molecule has 1 atom stereocenters. The molecule has 114 valence electrons. The van der Waals surface area contributed by atoms with Crippen LogP contribution in [0.2, 0.25) is 0 Å². The van der Waals surface area contributed by atoms with E-state index in [2.05, 4.69) is 15.3 Å². The summed E-state index contributed by atoms with van der Waals surface area (Å²) in [6, 6.07) is 6.12. The van der Waals surface area contributed by atoms with Crippen LogP contribution >= 0.6 is 0 Å². The number of nitro benzene ring substituents is 1. The van der Waals surface area contributed by atoms with E-state index in [1.807, 2.05) is 13.8 Å². The lowest BCUT2D eigenvalue weighted by Gasteiger charge is -2.10. The predicted molar refractivity (Wildman–Crippen MR) is 81.3 cm³/mol. The molecule has 0 aliphatic rings. The Morgan fingerprint density at radius 3 is 2.64 bits per heavy atom. The van der Waals surface area contributed by atoms with Crippen molar-refractivity contribution in [2.75, 3.05) is 0 Å². The summed E-state index contributed by atoms with van der Waals surface area (Å²) in [5.74, 6) is 0.101. The molecule has 2 rings (SSSR count). The SMILES string of the molecule is CC[C@H](C)NC(=O)c1cnc(-c2cccc([N+](=O)[O-])c2)nc1. The Hall–Kier alpha value is -2.83. The van der Waals surface area contributed by atoms with Gasteiger partial charge in [-0.3, -0.25) is 14.9 Å². The van der Waals surface area contributed by atoms with Crippen molar-refractivity contribution in [1.82, 2.24) is 15.3 Å². The van der Waals surface area contributed by atoms with Crippen LogP contribution in [0, 0.1) is 10.1 Å². The molecule has 0 unspecified atom stereocenters. The van der Waals surface area contributed by atoms with Crippen LogP contribution < -0.4 is 5.32 Å². The van der Waals surface area contributed by atoms with Crippen LogP contribution in [-0.2, 0) is 0 Å². The molecule has 0 spiro atoms. The Morgan fingerprint density at radius 2 is 2.05 bits per heavy atom. The summed E-state index contributed by atoms with van der Waals surface area (Å²) in [6.45, 7) is 3.89. The summed E-state index contributed by atoms with van der Waals surface area (Å²) in [7, 11) is 0. The number of carbonyl (C=O) groups excluding carboxylic acids is 1. The molecular formula is C15H16N4O3. The van der Waals surface area contributed by atoms with Crippen molar-refractivity contribution in [3.63, 3.8) is 0 Å². The molecule has 1 N–H and O–H groups in total. The normalized spacial score (nSPS) is 11.7. The van der Waals surface area contributed by atoms with Crippen molar-refractivity contribution in [2.24, 2.45) is 0 Å². The first-order valence-electron chi connectivity index (χ1n) is 6.89. The summed E-state index contributed by atoms with van der Waals surface area (Å²) in [4.78, 5) is 30.4. The van der Waals surface area contributed by atoms with Crippen LogP contribution in [0.25, 0.3) is 11.4 Å². The van der Waals surface area contributed by atoms with Crippen LogP contribution in [-0.4, -0.2) is 26.8 Å². The fourth-order valence-electron chi connectivity index (χ4n) is 1.76. The number of rotatable bonds is 5. The molecule has 1 amide bonds. The van der Waals surface area contributed by atoms with Crippen LogP contribution in [0.4, 0.5) is 5.69 Å². The first-order valence-corrected chi connectivity index (χ1v) is 6.89. The zero-order valence-electron chi connectivity index (χ0n) is 12.3. The van der Waals surface area contributed by atoms with Gasteiger partial charge in [-0.15, -0.1) is 0 Å². The first-order chi connectivity index (χ1) is 10.5.